The van der Waals surface area contributed by atoms with Crippen molar-refractivity contribution in [3.8, 4) is 12.3 Å². The van der Waals surface area contributed by atoms with Gasteiger partial charge in [-0.3, -0.25) is 14.3 Å². The van der Waals surface area contributed by atoms with Gasteiger partial charge in [-0.15, -0.1) is 6.42 Å². The third-order valence-electron chi connectivity index (χ3n) is 5.26. The van der Waals surface area contributed by atoms with E-state index in [1.54, 1.807) is 18.2 Å². The molecule has 4 rings (SSSR count). The number of carbonyl (C=O) groups is 1. The van der Waals surface area contributed by atoms with E-state index in [2.05, 4.69) is 0 Å². The quantitative estimate of drug-likeness (QED) is 0.571. The molecule has 2 fully saturated rings. The molecule has 2 heterocycles. The Bertz CT molecular complexity index is 1110. The van der Waals surface area contributed by atoms with E-state index in [4.69, 9.17) is 15.9 Å². The van der Waals surface area contributed by atoms with Crippen LogP contribution in [0.5, 0.6) is 0 Å². The second kappa shape index (κ2) is 5.89. The van der Waals surface area contributed by atoms with Gasteiger partial charge in [0.15, 0.2) is 11.8 Å². The molecule has 2 N–H and O–H groups in total. The zero-order valence-corrected chi connectivity index (χ0v) is 14.4. The molecule has 2 aromatic rings. The number of terminal acetylenes is 1. The number of alkyl halides is 1. The Morgan fingerprint density at radius 2 is 2.11 bits per heavy atom. The zero-order valence-electron chi connectivity index (χ0n) is 14.4. The van der Waals surface area contributed by atoms with Crippen molar-refractivity contribution in [2.75, 3.05) is 6.61 Å². The molecule has 1 aliphatic heterocycles. The number of carbonyl (C=O) groups excluding carboxylic acids is 1. The van der Waals surface area contributed by atoms with E-state index in [0.29, 0.717) is 0 Å². The second-order valence-corrected chi connectivity index (χ2v) is 6.76. The molecule has 0 amide bonds. The van der Waals surface area contributed by atoms with Crippen LogP contribution in [0.25, 0.3) is 0 Å². The van der Waals surface area contributed by atoms with Crippen molar-refractivity contribution in [3.05, 3.63) is 69.0 Å². The number of fused-ring (bicyclic) bond motifs is 1. The lowest BCUT2D eigenvalue weighted by Crippen LogP contribution is -2.49. The number of hydrogen-bond acceptors (Lipinski definition) is 6. The molecular formula is C19H15FN2O6. The van der Waals surface area contributed by atoms with Gasteiger partial charge in [0.2, 0.25) is 0 Å². The summed E-state index contributed by atoms with van der Waals surface area (Å²) < 4.78 is 27.9. The van der Waals surface area contributed by atoms with Crippen LogP contribution in [0.15, 0.2) is 52.2 Å². The molecule has 28 heavy (non-hydrogen) atoms. The standard InChI is InChI=1S/C19H15FN2O6/c1-2-18(20)15(22-9-8-13(24)21-16(22)26)28-17(11-23)10-19(17,18)27-14(25)12-6-4-3-5-7-12/h1,3-9,15,23H,10-11H2,(H,21,24,26)/t15-,17-,18+,19-/m1/s1. The molecule has 1 aromatic heterocycles. The number of rotatable bonds is 4. The molecule has 1 saturated heterocycles. The number of nitrogens with zero attached hydrogens (tertiary/aromatic N) is 1. The minimum atomic E-state index is -2.76. The zero-order chi connectivity index (χ0) is 20.2. The van der Waals surface area contributed by atoms with Gasteiger partial charge in [0, 0.05) is 18.7 Å². The van der Waals surface area contributed by atoms with Crippen molar-refractivity contribution < 1.29 is 23.8 Å². The maximum Gasteiger partial charge on any atom is 0.338 e. The smallest absolute Gasteiger partial charge is 0.338 e. The molecule has 0 spiro atoms. The molecule has 1 aromatic carbocycles. The fourth-order valence-corrected chi connectivity index (χ4v) is 3.71. The maximum atomic E-state index is 16.1. The van der Waals surface area contributed by atoms with Gasteiger partial charge in [0.25, 0.3) is 11.2 Å². The summed E-state index contributed by atoms with van der Waals surface area (Å²) in [5.41, 5.74) is -7.80. The Kier molecular flexibility index (Phi) is 3.82. The molecule has 0 radical (unpaired) electrons. The second-order valence-electron chi connectivity index (χ2n) is 6.76. The van der Waals surface area contributed by atoms with E-state index in [1.165, 1.54) is 12.1 Å². The van der Waals surface area contributed by atoms with E-state index in [9.17, 15) is 19.5 Å². The van der Waals surface area contributed by atoms with Crippen LogP contribution in [-0.2, 0) is 9.47 Å². The molecule has 1 saturated carbocycles. The third-order valence-corrected chi connectivity index (χ3v) is 5.26. The Morgan fingerprint density at radius 3 is 2.71 bits per heavy atom. The summed E-state index contributed by atoms with van der Waals surface area (Å²) in [6.45, 7) is -0.684. The molecule has 1 aliphatic carbocycles. The Balaban J connectivity index is 1.77. The summed E-state index contributed by atoms with van der Waals surface area (Å²) in [5.74, 6) is 1.11. The van der Waals surface area contributed by atoms with Gasteiger partial charge in [0.05, 0.1) is 12.2 Å². The highest BCUT2D eigenvalue weighted by atomic mass is 19.1. The number of ether oxygens (including phenoxy) is 2. The Hall–Kier alpha value is -3.22. The SMILES string of the molecule is C#C[C@]1(F)[C@H](n2ccc(=O)[nH]c2=O)O[C@@]2(CO)C[C@@]21OC(=O)c1ccccc1. The minimum Gasteiger partial charge on any atom is -0.447 e. The Morgan fingerprint density at radius 1 is 1.39 bits per heavy atom. The number of aliphatic hydroxyl groups is 1. The lowest BCUT2D eigenvalue weighted by atomic mass is 9.94. The molecule has 0 unspecified atom stereocenters. The largest absolute Gasteiger partial charge is 0.447 e. The van der Waals surface area contributed by atoms with Crippen molar-refractivity contribution in [2.45, 2.75) is 29.5 Å². The summed E-state index contributed by atoms with van der Waals surface area (Å²) in [6, 6.07) is 8.88. The van der Waals surface area contributed by atoms with Crippen molar-refractivity contribution in [1.29, 1.82) is 0 Å². The van der Waals surface area contributed by atoms with E-state index in [1.807, 2.05) is 10.9 Å². The number of aromatic amines is 1. The molecule has 144 valence electrons. The molecule has 2 aliphatic rings. The summed E-state index contributed by atoms with van der Waals surface area (Å²) in [4.78, 5) is 37.9. The minimum absolute atomic E-state index is 0.166. The highest BCUT2D eigenvalue weighted by molar-refractivity contribution is 5.90. The van der Waals surface area contributed by atoms with Crippen LogP contribution in [0.2, 0.25) is 0 Å². The fourth-order valence-electron chi connectivity index (χ4n) is 3.71. The topological polar surface area (TPSA) is 111 Å². The average molecular weight is 386 g/mol. The first-order chi connectivity index (χ1) is 13.3. The number of halogens is 1. The van der Waals surface area contributed by atoms with Crippen molar-refractivity contribution >= 4 is 5.97 Å². The molecule has 0 bridgehead atoms. The van der Waals surface area contributed by atoms with Gasteiger partial charge in [-0.2, -0.15) is 0 Å². The van der Waals surface area contributed by atoms with Gasteiger partial charge < -0.3 is 14.6 Å². The normalized spacial score (nSPS) is 33.0. The first-order valence-corrected chi connectivity index (χ1v) is 8.38. The van der Waals surface area contributed by atoms with Crippen LogP contribution < -0.4 is 11.2 Å². The van der Waals surface area contributed by atoms with Crippen molar-refractivity contribution in [2.24, 2.45) is 0 Å². The van der Waals surface area contributed by atoms with E-state index in [0.717, 1.165) is 16.8 Å². The lowest BCUT2D eigenvalue weighted by Gasteiger charge is -2.30. The average Bonchev–Trinajstić information content (AvgIpc) is 3.29. The fraction of sp³-hybridized carbons (Fsp3) is 0.316. The van der Waals surface area contributed by atoms with Crippen LogP contribution in [0.3, 0.4) is 0 Å². The van der Waals surface area contributed by atoms with Gasteiger partial charge in [0.1, 0.15) is 5.60 Å². The lowest BCUT2D eigenvalue weighted by molar-refractivity contribution is -0.0942. The predicted octanol–water partition coefficient (Wildman–Crippen LogP) is 0.137. The van der Waals surface area contributed by atoms with Gasteiger partial charge in [-0.25, -0.2) is 14.0 Å². The number of esters is 1. The summed E-state index contributed by atoms with van der Waals surface area (Å²) in [7, 11) is 0. The van der Waals surface area contributed by atoms with E-state index in [-0.39, 0.29) is 12.0 Å². The first-order valence-electron chi connectivity index (χ1n) is 8.38. The highest BCUT2D eigenvalue weighted by Crippen LogP contribution is 2.70. The molecule has 8 nitrogen and oxygen atoms in total. The van der Waals surface area contributed by atoms with Gasteiger partial charge in [-0.1, -0.05) is 24.1 Å². The molecule has 9 heteroatoms. The number of aromatic nitrogens is 2. The number of nitrogens with one attached hydrogen (secondary N) is 1. The number of aliphatic hydroxyl groups excluding tert-OH is 1. The summed E-state index contributed by atoms with van der Waals surface area (Å²) in [6.07, 6.45) is 4.59. The monoisotopic (exact) mass is 386 g/mol. The van der Waals surface area contributed by atoms with Crippen LogP contribution in [0.4, 0.5) is 4.39 Å². The van der Waals surface area contributed by atoms with E-state index < -0.39 is 46.9 Å². The van der Waals surface area contributed by atoms with Gasteiger partial charge >= 0.3 is 11.7 Å². The van der Waals surface area contributed by atoms with Crippen LogP contribution in [-0.4, -0.2) is 44.1 Å². The third kappa shape index (κ3) is 2.22. The summed E-state index contributed by atoms with van der Waals surface area (Å²) >= 11 is 0. The van der Waals surface area contributed by atoms with Crippen LogP contribution >= 0.6 is 0 Å². The van der Waals surface area contributed by atoms with Crippen LogP contribution in [0.1, 0.15) is 23.0 Å². The highest BCUT2D eigenvalue weighted by Gasteiger charge is 2.90. The Labute approximate surface area is 157 Å². The first kappa shape index (κ1) is 18.2. The molecular weight excluding hydrogens is 371 g/mol. The number of H-pyrrole nitrogens is 1. The van der Waals surface area contributed by atoms with Crippen LogP contribution in [0, 0.1) is 12.3 Å². The van der Waals surface area contributed by atoms with Crippen molar-refractivity contribution in [1.82, 2.24) is 9.55 Å². The number of hydrogen-bond donors (Lipinski definition) is 2. The van der Waals surface area contributed by atoms with Crippen molar-refractivity contribution in [3.63, 3.8) is 0 Å². The maximum absolute atomic E-state index is 16.1. The molecule has 4 atom stereocenters. The number of benzene rings is 1. The summed E-state index contributed by atoms with van der Waals surface area (Å²) in [5, 5.41) is 9.82. The van der Waals surface area contributed by atoms with E-state index >= 15 is 4.39 Å². The predicted molar refractivity (Wildman–Crippen MR) is 93.1 cm³/mol. The van der Waals surface area contributed by atoms with Gasteiger partial charge in [-0.05, 0) is 12.1 Å².